The predicted octanol–water partition coefficient (Wildman–Crippen LogP) is 3.27. The van der Waals surface area contributed by atoms with Crippen LogP contribution in [0.4, 0.5) is 0 Å². The van der Waals surface area contributed by atoms with E-state index >= 15 is 0 Å². The van der Waals surface area contributed by atoms with Gasteiger partial charge in [0.1, 0.15) is 23.4 Å². The molecule has 0 saturated heterocycles. The van der Waals surface area contributed by atoms with Crippen LogP contribution in [-0.4, -0.2) is 23.5 Å². The number of carbonyl (C=O) groups excluding carboxylic acids is 4. The van der Waals surface area contributed by atoms with Crippen molar-refractivity contribution in [2.24, 2.45) is 23.7 Å². The monoisotopic (exact) mass is 342 g/mol. The predicted molar refractivity (Wildman–Crippen MR) is 88.7 cm³/mol. The van der Waals surface area contributed by atoms with Crippen LogP contribution in [0.25, 0.3) is 0 Å². The summed E-state index contributed by atoms with van der Waals surface area (Å²) >= 11 is 0. The lowest BCUT2D eigenvalue weighted by atomic mass is 9.89. The molecule has 0 aliphatic rings. The molecule has 0 aromatic carbocycles. The van der Waals surface area contributed by atoms with Gasteiger partial charge in [-0.3, -0.25) is 9.59 Å². The van der Waals surface area contributed by atoms with Gasteiger partial charge in [-0.1, -0.05) is 41.5 Å². The number of ketones is 2. The lowest BCUT2D eigenvalue weighted by Crippen LogP contribution is -2.34. The van der Waals surface area contributed by atoms with Crippen LogP contribution in [-0.2, 0) is 29.0 Å². The molecule has 6 nitrogen and oxygen atoms in total. The Morgan fingerprint density at radius 2 is 0.958 bits per heavy atom. The third kappa shape index (κ3) is 6.81. The van der Waals surface area contributed by atoms with Gasteiger partial charge in [-0.05, 0) is 24.7 Å². The fourth-order valence-electron chi connectivity index (χ4n) is 2.54. The minimum atomic E-state index is -0.971. The van der Waals surface area contributed by atoms with Gasteiger partial charge in [0.05, 0.1) is 0 Å². The summed E-state index contributed by atoms with van der Waals surface area (Å²) in [6.07, 6.45) is 1.76. The second-order valence-electron chi connectivity index (χ2n) is 6.68. The Hall–Kier alpha value is -1.72. The van der Waals surface area contributed by atoms with E-state index in [2.05, 4.69) is 9.78 Å². The molecule has 6 heteroatoms. The molecule has 0 aromatic rings. The summed E-state index contributed by atoms with van der Waals surface area (Å²) in [5, 5.41) is 0. The van der Waals surface area contributed by atoms with Crippen LogP contribution < -0.4 is 0 Å². The molecule has 0 amide bonds. The molecule has 0 aliphatic carbocycles. The topological polar surface area (TPSA) is 86.7 Å². The van der Waals surface area contributed by atoms with Crippen LogP contribution in [0, 0.1) is 23.7 Å². The maximum absolute atomic E-state index is 12.1. The van der Waals surface area contributed by atoms with Crippen LogP contribution in [0.5, 0.6) is 0 Å². The van der Waals surface area contributed by atoms with Gasteiger partial charge >= 0.3 is 11.9 Å². The molecule has 138 valence electrons. The Morgan fingerprint density at radius 3 is 1.17 bits per heavy atom. The first-order valence-corrected chi connectivity index (χ1v) is 8.64. The van der Waals surface area contributed by atoms with Gasteiger partial charge in [0.2, 0.25) is 0 Å². The number of Topliss-reactive ketones (excluding diaryl/α,β-unsaturated/α-hetero) is 2. The first-order valence-electron chi connectivity index (χ1n) is 8.64. The van der Waals surface area contributed by atoms with Crippen molar-refractivity contribution < 1.29 is 29.0 Å². The van der Waals surface area contributed by atoms with E-state index in [0.29, 0.717) is 12.8 Å². The molecule has 0 aliphatic heterocycles. The first kappa shape index (κ1) is 22.3. The van der Waals surface area contributed by atoms with Crippen molar-refractivity contribution >= 4 is 23.5 Å². The average molecular weight is 342 g/mol. The lowest BCUT2D eigenvalue weighted by Gasteiger charge is -2.19. The number of hydrogen-bond acceptors (Lipinski definition) is 6. The second-order valence-corrected chi connectivity index (χ2v) is 6.68. The summed E-state index contributed by atoms with van der Waals surface area (Å²) in [4.78, 5) is 57.4. The van der Waals surface area contributed by atoms with Gasteiger partial charge in [0.25, 0.3) is 0 Å². The smallest absolute Gasteiger partial charge is 0.299 e. The highest BCUT2D eigenvalue weighted by molar-refractivity contribution is 6.00. The number of hydrogen-bond donors (Lipinski definition) is 0. The maximum Gasteiger partial charge on any atom is 0.366 e. The molecule has 0 radical (unpaired) electrons. The zero-order valence-corrected chi connectivity index (χ0v) is 15.6. The average Bonchev–Trinajstić information content (AvgIpc) is 2.45. The van der Waals surface area contributed by atoms with E-state index in [1.54, 1.807) is 27.7 Å². The molecule has 0 fully saturated rings. The van der Waals surface area contributed by atoms with Crippen LogP contribution in [0.3, 0.4) is 0 Å². The fraction of sp³-hybridized carbons (Fsp3) is 0.778. The Labute approximate surface area is 144 Å². The van der Waals surface area contributed by atoms with Gasteiger partial charge in [-0.25, -0.2) is 19.4 Å². The van der Waals surface area contributed by atoms with E-state index in [-0.39, 0.29) is 36.2 Å². The second kappa shape index (κ2) is 10.9. The van der Waals surface area contributed by atoms with Crippen LogP contribution in [0.15, 0.2) is 0 Å². The quantitative estimate of drug-likeness (QED) is 0.344. The van der Waals surface area contributed by atoms with E-state index in [1.165, 1.54) is 0 Å². The third-order valence-corrected chi connectivity index (χ3v) is 3.73. The standard InChI is InChI=1S/C18H30O6/c1-7-9-13(19)15(11(3)4)17(21)23-24-18(22)16(12(5)6)14(20)10-8-2/h11-12,15-16H,7-10H2,1-6H3. The van der Waals surface area contributed by atoms with E-state index < -0.39 is 23.8 Å². The van der Waals surface area contributed by atoms with Gasteiger partial charge < -0.3 is 0 Å². The summed E-state index contributed by atoms with van der Waals surface area (Å²) in [5.74, 6) is -4.73. The Kier molecular flexibility index (Phi) is 10.2. The largest absolute Gasteiger partial charge is 0.366 e. The number of carbonyl (C=O) groups is 4. The SMILES string of the molecule is CCCC(=O)C(C(=O)OOC(=O)C(C(=O)CCC)C(C)C)C(C)C. The summed E-state index contributed by atoms with van der Waals surface area (Å²) in [5.41, 5.74) is 0. The molecule has 0 N–H and O–H groups in total. The van der Waals surface area contributed by atoms with Crippen LogP contribution in [0.2, 0.25) is 0 Å². The van der Waals surface area contributed by atoms with Crippen molar-refractivity contribution in [2.75, 3.05) is 0 Å². The molecular formula is C18H30O6. The minimum Gasteiger partial charge on any atom is -0.299 e. The number of rotatable bonds is 10. The van der Waals surface area contributed by atoms with Crippen LogP contribution in [0.1, 0.15) is 67.2 Å². The van der Waals surface area contributed by atoms with Gasteiger partial charge in [0, 0.05) is 12.8 Å². The molecule has 0 bridgehead atoms. The summed E-state index contributed by atoms with van der Waals surface area (Å²) in [6.45, 7) is 10.6. The van der Waals surface area contributed by atoms with Crippen molar-refractivity contribution in [2.45, 2.75) is 67.2 Å². The molecular weight excluding hydrogens is 312 g/mol. The molecule has 0 saturated carbocycles. The highest BCUT2D eigenvalue weighted by atomic mass is 17.2. The zero-order chi connectivity index (χ0) is 18.9. The Bertz CT molecular complexity index is 410. The molecule has 0 heterocycles. The van der Waals surface area contributed by atoms with Crippen LogP contribution >= 0.6 is 0 Å². The Morgan fingerprint density at radius 1 is 0.667 bits per heavy atom. The van der Waals surface area contributed by atoms with Crippen molar-refractivity contribution in [1.29, 1.82) is 0 Å². The van der Waals surface area contributed by atoms with Crippen molar-refractivity contribution in [3.63, 3.8) is 0 Å². The summed E-state index contributed by atoms with van der Waals surface area (Å²) in [6, 6.07) is 0. The molecule has 2 atom stereocenters. The van der Waals surface area contributed by atoms with E-state index in [9.17, 15) is 19.2 Å². The van der Waals surface area contributed by atoms with E-state index in [4.69, 9.17) is 0 Å². The molecule has 0 rings (SSSR count). The fourth-order valence-corrected chi connectivity index (χ4v) is 2.54. The molecule has 24 heavy (non-hydrogen) atoms. The molecule has 2 unspecified atom stereocenters. The normalized spacial score (nSPS) is 13.5. The summed E-state index contributed by atoms with van der Waals surface area (Å²) < 4.78 is 0. The lowest BCUT2D eigenvalue weighted by molar-refractivity contribution is -0.265. The van der Waals surface area contributed by atoms with Gasteiger partial charge in [-0.15, -0.1) is 0 Å². The van der Waals surface area contributed by atoms with Crippen molar-refractivity contribution in [3.8, 4) is 0 Å². The van der Waals surface area contributed by atoms with E-state index in [1.807, 2.05) is 13.8 Å². The first-order chi connectivity index (χ1) is 11.2. The van der Waals surface area contributed by atoms with Crippen molar-refractivity contribution in [3.05, 3.63) is 0 Å². The van der Waals surface area contributed by atoms with Gasteiger partial charge in [0.15, 0.2) is 0 Å². The van der Waals surface area contributed by atoms with Crippen molar-refractivity contribution in [1.82, 2.24) is 0 Å². The van der Waals surface area contributed by atoms with E-state index in [0.717, 1.165) is 0 Å². The Balaban J connectivity index is 4.88. The van der Waals surface area contributed by atoms with Gasteiger partial charge in [-0.2, -0.15) is 0 Å². The summed E-state index contributed by atoms with van der Waals surface area (Å²) in [7, 11) is 0. The highest BCUT2D eigenvalue weighted by Crippen LogP contribution is 2.20. The minimum absolute atomic E-state index is 0.240. The molecule has 0 aromatic heterocycles. The third-order valence-electron chi connectivity index (χ3n) is 3.73. The highest BCUT2D eigenvalue weighted by Gasteiger charge is 2.35. The zero-order valence-electron chi connectivity index (χ0n) is 15.6. The maximum atomic E-state index is 12.1. The molecule has 0 spiro atoms.